The van der Waals surface area contributed by atoms with Crippen LogP contribution in [0.15, 0.2) is 24.3 Å². The molecule has 0 saturated carbocycles. The van der Waals surface area contributed by atoms with Gasteiger partial charge < -0.3 is 5.32 Å². The molecule has 0 fully saturated rings. The molecular weight excluding hydrogens is 174 g/mol. The van der Waals surface area contributed by atoms with Crippen LogP contribution in [0.2, 0.25) is 0 Å². The molecule has 1 rings (SSSR count). The molecule has 0 aliphatic heterocycles. The van der Waals surface area contributed by atoms with E-state index in [2.05, 4.69) is 19.2 Å². The number of anilines is 1. The summed E-state index contributed by atoms with van der Waals surface area (Å²) in [4.78, 5) is 10.8. The van der Waals surface area contributed by atoms with Crippen molar-refractivity contribution in [1.29, 1.82) is 0 Å². The van der Waals surface area contributed by atoms with Crippen LogP contribution >= 0.6 is 0 Å². The Morgan fingerprint density at radius 2 is 2.00 bits per heavy atom. The Hall–Kier alpha value is -1.31. The van der Waals surface area contributed by atoms with Gasteiger partial charge in [0.1, 0.15) is 0 Å². The van der Waals surface area contributed by atoms with Gasteiger partial charge in [-0.2, -0.15) is 0 Å². The lowest BCUT2D eigenvalue weighted by Gasteiger charge is -2.09. The highest BCUT2D eigenvalue weighted by molar-refractivity contribution is 5.88. The van der Waals surface area contributed by atoms with Crippen molar-refractivity contribution in [2.24, 2.45) is 0 Å². The first kappa shape index (κ1) is 10.8. The molecule has 0 aromatic heterocycles. The summed E-state index contributed by atoms with van der Waals surface area (Å²) in [6.07, 6.45) is 1.03. The molecule has 0 heterocycles. The summed E-state index contributed by atoms with van der Waals surface area (Å²) < 4.78 is 0. The molecule has 1 aromatic carbocycles. The normalized spacial score (nSPS) is 12.2. The molecule has 1 atom stereocenters. The van der Waals surface area contributed by atoms with E-state index in [9.17, 15) is 4.79 Å². The van der Waals surface area contributed by atoms with Gasteiger partial charge in [-0.05, 0) is 37.0 Å². The van der Waals surface area contributed by atoms with Gasteiger partial charge in [0, 0.05) is 12.6 Å². The van der Waals surface area contributed by atoms with E-state index in [1.54, 1.807) is 0 Å². The maximum Gasteiger partial charge on any atom is 0.221 e. The Morgan fingerprint density at radius 3 is 2.43 bits per heavy atom. The molecule has 0 aliphatic rings. The second-order valence-electron chi connectivity index (χ2n) is 3.41. The quantitative estimate of drug-likeness (QED) is 0.780. The predicted molar refractivity (Wildman–Crippen MR) is 59.1 cm³/mol. The van der Waals surface area contributed by atoms with Gasteiger partial charge in [-0.3, -0.25) is 4.79 Å². The van der Waals surface area contributed by atoms with Crippen LogP contribution in [0.5, 0.6) is 0 Å². The second-order valence-corrected chi connectivity index (χ2v) is 3.41. The Kier molecular flexibility index (Phi) is 3.69. The van der Waals surface area contributed by atoms with Gasteiger partial charge in [-0.15, -0.1) is 0 Å². The monoisotopic (exact) mass is 190 g/mol. The van der Waals surface area contributed by atoms with E-state index >= 15 is 0 Å². The molecule has 2 heteroatoms. The maximum atomic E-state index is 10.8. The third-order valence-corrected chi connectivity index (χ3v) is 2.20. The van der Waals surface area contributed by atoms with Crippen LogP contribution in [0, 0.1) is 6.92 Å². The Bertz CT molecular complexity index is 303. The predicted octanol–water partition coefficient (Wildman–Crippen LogP) is 2.97. The van der Waals surface area contributed by atoms with Crippen molar-refractivity contribution >= 4 is 11.6 Å². The zero-order valence-corrected chi connectivity index (χ0v) is 8.71. The van der Waals surface area contributed by atoms with Gasteiger partial charge in [-0.25, -0.2) is 0 Å². The molecule has 0 spiro atoms. The third-order valence-electron chi connectivity index (χ3n) is 2.20. The average molecular weight is 190 g/mol. The van der Waals surface area contributed by atoms with Crippen LogP contribution in [-0.4, -0.2) is 5.91 Å². The molecule has 0 unspecified atom stereocenters. The Labute approximate surface area is 85.3 Å². The molecule has 14 heavy (non-hydrogen) atoms. The number of amides is 1. The first-order valence-electron chi connectivity index (χ1n) is 4.84. The zero-order valence-electron chi connectivity index (χ0n) is 8.71. The molecule has 1 radical (unpaired) electrons. The molecule has 75 valence electrons. The first-order chi connectivity index (χ1) is 6.63. The smallest absolute Gasteiger partial charge is 0.221 e. The minimum Gasteiger partial charge on any atom is -0.326 e. The highest BCUT2D eigenvalue weighted by Crippen LogP contribution is 2.19. The lowest BCUT2D eigenvalue weighted by atomic mass is 9.99. The van der Waals surface area contributed by atoms with E-state index in [0.717, 1.165) is 12.1 Å². The summed E-state index contributed by atoms with van der Waals surface area (Å²) >= 11 is 0. The summed E-state index contributed by atoms with van der Waals surface area (Å²) in [5, 5.41) is 2.73. The highest BCUT2D eigenvalue weighted by atomic mass is 16.1. The lowest BCUT2D eigenvalue weighted by molar-refractivity contribution is -0.114. The van der Waals surface area contributed by atoms with Crippen LogP contribution in [0.4, 0.5) is 5.69 Å². The fourth-order valence-electron chi connectivity index (χ4n) is 1.28. The maximum absolute atomic E-state index is 10.8. The molecular formula is C12H16NO. The van der Waals surface area contributed by atoms with Gasteiger partial charge in [0.05, 0.1) is 0 Å². The topological polar surface area (TPSA) is 29.1 Å². The van der Waals surface area contributed by atoms with Crippen molar-refractivity contribution in [2.75, 3.05) is 5.32 Å². The number of carbonyl (C=O) groups excluding carboxylic acids is 1. The summed E-state index contributed by atoms with van der Waals surface area (Å²) in [6.45, 7) is 7.64. The minimum atomic E-state index is -0.0422. The Balaban J connectivity index is 2.73. The molecule has 0 saturated heterocycles. The van der Waals surface area contributed by atoms with Crippen molar-refractivity contribution in [3.05, 3.63) is 36.8 Å². The van der Waals surface area contributed by atoms with E-state index in [0.29, 0.717) is 5.92 Å². The second kappa shape index (κ2) is 4.80. The molecule has 1 aromatic rings. The largest absolute Gasteiger partial charge is 0.326 e. The number of benzene rings is 1. The standard InChI is InChI=1S/C12H16NO/c1-4-9(2)11-5-7-12(8-6-11)13-10(3)14/h5-9H,2,4H2,1,3H3,(H,13,14)/t9-/m0/s1. The summed E-state index contributed by atoms with van der Waals surface area (Å²) in [5.41, 5.74) is 2.05. The van der Waals surface area contributed by atoms with Crippen LogP contribution in [0.25, 0.3) is 0 Å². The highest BCUT2D eigenvalue weighted by Gasteiger charge is 2.02. The van der Waals surface area contributed by atoms with Crippen LogP contribution in [0.3, 0.4) is 0 Å². The first-order valence-corrected chi connectivity index (χ1v) is 4.84. The van der Waals surface area contributed by atoms with Crippen molar-refractivity contribution in [1.82, 2.24) is 0 Å². The van der Waals surface area contributed by atoms with E-state index in [-0.39, 0.29) is 5.91 Å². The molecule has 0 aliphatic carbocycles. The lowest BCUT2D eigenvalue weighted by Crippen LogP contribution is -2.05. The number of nitrogens with one attached hydrogen (secondary N) is 1. The zero-order chi connectivity index (χ0) is 10.6. The van der Waals surface area contributed by atoms with E-state index in [1.807, 2.05) is 24.3 Å². The third kappa shape index (κ3) is 2.87. The van der Waals surface area contributed by atoms with Crippen LogP contribution < -0.4 is 5.32 Å². The van der Waals surface area contributed by atoms with Crippen molar-refractivity contribution < 1.29 is 4.79 Å². The van der Waals surface area contributed by atoms with E-state index in [1.165, 1.54) is 12.5 Å². The van der Waals surface area contributed by atoms with Gasteiger partial charge >= 0.3 is 0 Å². The van der Waals surface area contributed by atoms with E-state index < -0.39 is 0 Å². The molecule has 1 N–H and O–H groups in total. The number of carbonyl (C=O) groups is 1. The summed E-state index contributed by atoms with van der Waals surface area (Å²) in [5.74, 6) is 0.292. The minimum absolute atomic E-state index is 0.0422. The van der Waals surface area contributed by atoms with Crippen LogP contribution in [-0.2, 0) is 4.79 Å². The van der Waals surface area contributed by atoms with Gasteiger partial charge in [0.25, 0.3) is 0 Å². The molecule has 0 bridgehead atoms. The fourth-order valence-corrected chi connectivity index (χ4v) is 1.28. The average Bonchev–Trinajstić information content (AvgIpc) is 2.17. The van der Waals surface area contributed by atoms with Crippen molar-refractivity contribution in [3.8, 4) is 0 Å². The van der Waals surface area contributed by atoms with Crippen LogP contribution in [0.1, 0.15) is 31.7 Å². The summed E-state index contributed by atoms with van der Waals surface area (Å²) in [6, 6.07) is 7.83. The fraction of sp³-hybridized carbons (Fsp3) is 0.333. The SMILES string of the molecule is [CH2][C@@H](CC)c1ccc(NC(C)=O)cc1. The number of hydrogen-bond acceptors (Lipinski definition) is 1. The van der Waals surface area contributed by atoms with E-state index in [4.69, 9.17) is 0 Å². The number of rotatable bonds is 3. The molecule has 2 nitrogen and oxygen atoms in total. The van der Waals surface area contributed by atoms with Crippen molar-refractivity contribution in [3.63, 3.8) is 0 Å². The van der Waals surface area contributed by atoms with Gasteiger partial charge in [0.15, 0.2) is 0 Å². The number of hydrogen-bond donors (Lipinski definition) is 1. The Morgan fingerprint density at radius 1 is 1.43 bits per heavy atom. The molecule has 1 amide bonds. The summed E-state index contributed by atoms with van der Waals surface area (Å²) in [7, 11) is 0. The van der Waals surface area contributed by atoms with Gasteiger partial charge in [0.2, 0.25) is 5.91 Å². The van der Waals surface area contributed by atoms with Gasteiger partial charge in [-0.1, -0.05) is 19.1 Å². The van der Waals surface area contributed by atoms with Crippen molar-refractivity contribution in [2.45, 2.75) is 26.2 Å².